The van der Waals surface area contributed by atoms with Gasteiger partial charge in [0.25, 0.3) is 0 Å². The minimum Gasteiger partial charge on any atom is -0.504 e. The number of carbonyl (C=O) groups is 1. The molecule has 1 rings (SSSR count). The van der Waals surface area contributed by atoms with Crippen LogP contribution in [-0.2, 0) is 20.7 Å². The van der Waals surface area contributed by atoms with Crippen LogP contribution in [0, 0.1) is 0 Å². The molecular formula is C17H32N2O5. The summed E-state index contributed by atoms with van der Waals surface area (Å²) in [5.74, 6) is -0.521. The summed E-state index contributed by atoms with van der Waals surface area (Å²) in [6.45, 7) is 1.86. The van der Waals surface area contributed by atoms with Crippen molar-refractivity contribution in [2.45, 2.75) is 27.3 Å². The van der Waals surface area contributed by atoms with Gasteiger partial charge in [-0.15, -0.1) is 0 Å². The highest BCUT2D eigenvalue weighted by molar-refractivity contribution is 5.82. The summed E-state index contributed by atoms with van der Waals surface area (Å²) in [6, 6.07) is 4.09. The van der Waals surface area contributed by atoms with Crippen LogP contribution in [0.25, 0.3) is 0 Å². The van der Waals surface area contributed by atoms with Crippen molar-refractivity contribution in [3.8, 4) is 11.5 Å². The molecule has 0 aliphatic heterocycles. The molecule has 0 heterocycles. The van der Waals surface area contributed by atoms with Gasteiger partial charge in [-0.25, -0.2) is 0 Å². The maximum absolute atomic E-state index is 12.1. The second-order valence-corrected chi connectivity index (χ2v) is 4.76. The maximum Gasteiger partial charge on any atom is 0.237 e. The van der Waals surface area contributed by atoms with E-state index in [0.29, 0.717) is 32.8 Å². The van der Waals surface area contributed by atoms with Gasteiger partial charge >= 0.3 is 0 Å². The van der Waals surface area contributed by atoms with Gasteiger partial charge in [0.15, 0.2) is 11.5 Å². The molecule has 0 radical (unpaired) electrons. The lowest BCUT2D eigenvalue weighted by Gasteiger charge is -2.16. The third-order valence-electron chi connectivity index (χ3n) is 3.12. The maximum atomic E-state index is 12.1. The van der Waals surface area contributed by atoms with Crippen LogP contribution in [0.4, 0.5) is 0 Å². The number of methoxy groups -OCH3 is 1. The first-order valence-electron chi connectivity index (χ1n) is 7.11. The van der Waals surface area contributed by atoms with Crippen LogP contribution in [0.2, 0.25) is 0 Å². The third-order valence-corrected chi connectivity index (χ3v) is 3.12. The van der Waals surface area contributed by atoms with Crippen molar-refractivity contribution in [1.29, 1.82) is 0 Å². The molecule has 0 bridgehead atoms. The van der Waals surface area contributed by atoms with E-state index in [1.54, 1.807) is 20.2 Å². The number of phenols is 2. The lowest BCUT2D eigenvalue weighted by molar-refractivity contribution is -0.123. The first-order valence-corrected chi connectivity index (χ1v) is 7.11. The van der Waals surface area contributed by atoms with E-state index in [9.17, 15) is 15.0 Å². The summed E-state index contributed by atoms with van der Waals surface area (Å²) in [5.41, 5.74) is 0.751. The lowest BCUT2D eigenvalue weighted by atomic mass is 10.0. The second-order valence-electron chi connectivity index (χ2n) is 4.76. The zero-order chi connectivity index (χ0) is 16.4. The molecule has 0 saturated heterocycles. The van der Waals surface area contributed by atoms with Gasteiger partial charge in [-0.3, -0.25) is 4.79 Å². The molecule has 140 valence electrons. The Hall–Kier alpha value is -1.83. The number of ether oxygens (including phenoxy) is 2. The minimum absolute atomic E-state index is 0. The van der Waals surface area contributed by atoms with E-state index in [0.717, 1.165) is 5.56 Å². The average molecular weight is 344 g/mol. The van der Waals surface area contributed by atoms with Gasteiger partial charge in [0.1, 0.15) is 0 Å². The highest BCUT2D eigenvalue weighted by atomic mass is 16.5. The fourth-order valence-corrected chi connectivity index (χ4v) is 1.87. The Morgan fingerprint density at radius 2 is 1.88 bits per heavy atom. The van der Waals surface area contributed by atoms with E-state index in [2.05, 4.69) is 10.6 Å². The summed E-state index contributed by atoms with van der Waals surface area (Å²) < 4.78 is 10.1. The molecule has 1 aromatic carbocycles. The number of amides is 1. The zero-order valence-corrected chi connectivity index (χ0v) is 13.0. The van der Waals surface area contributed by atoms with Crippen molar-refractivity contribution in [1.82, 2.24) is 10.6 Å². The highest BCUT2D eigenvalue weighted by Gasteiger charge is 2.17. The molecule has 24 heavy (non-hydrogen) atoms. The first kappa shape index (κ1) is 24.4. The summed E-state index contributed by atoms with van der Waals surface area (Å²) in [5, 5.41) is 24.5. The molecule has 0 spiro atoms. The van der Waals surface area contributed by atoms with Gasteiger partial charge in [0.05, 0.1) is 25.9 Å². The smallest absolute Gasteiger partial charge is 0.237 e. The van der Waals surface area contributed by atoms with Crippen molar-refractivity contribution in [2.75, 3.05) is 40.5 Å². The number of hydrogen-bond donors (Lipinski definition) is 4. The van der Waals surface area contributed by atoms with Gasteiger partial charge in [0.2, 0.25) is 5.91 Å². The Kier molecular flexibility index (Phi) is 13.8. The summed E-state index contributed by atoms with van der Waals surface area (Å²) in [6.07, 6.45) is 0.403. The van der Waals surface area contributed by atoms with E-state index in [-0.39, 0.29) is 32.3 Å². The fraction of sp³-hybridized carbons (Fsp3) is 0.588. The highest BCUT2D eigenvalue weighted by Crippen LogP contribution is 2.25. The van der Waals surface area contributed by atoms with Gasteiger partial charge in [-0.1, -0.05) is 20.9 Å². The zero-order valence-electron chi connectivity index (χ0n) is 13.0. The SMILES string of the molecule is C.C.CNC(Cc1ccc(O)c(O)c1)C(=O)NCCOCCOC. The number of rotatable bonds is 10. The number of nitrogens with one attached hydrogen (secondary N) is 2. The minimum atomic E-state index is -0.428. The Morgan fingerprint density at radius 3 is 2.46 bits per heavy atom. The third kappa shape index (κ3) is 8.71. The van der Waals surface area contributed by atoms with Gasteiger partial charge in [0, 0.05) is 13.7 Å². The molecule has 0 saturated carbocycles. The molecule has 1 aromatic rings. The Morgan fingerprint density at radius 1 is 1.17 bits per heavy atom. The molecule has 0 aliphatic rings. The van der Waals surface area contributed by atoms with E-state index in [4.69, 9.17) is 9.47 Å². The summed E-state index contributed by atoms with van der Waals surface area (Å²) in [4.78, 5) is 12.1. The Labute approximate surface area is 145 Å². The van der Waals surface area contributed by atoms with E-state index >= 15 is 0 Å². The molecule has 0 aliphatic carbocycles. The fourth-order valence-electron chi connectivity index (χ4n) is 1.87. The monoisotopic (exact) mass is 344 g/mol. The molecule has 1 atom stereocenters. The standard InChI is InChI=1S/C15H24N2O5.2CH4/c1-16-12(9-11-3-4-13(18)14(19)10-11)15(20)17-5-6-22-8-7-21-2;;/h3-4,10,12,16,18-19H,5-9H2,1-2H3,(H,17,20);2*1H4. The van der Waals surface area contributed by atoms with Gasteiger partial charge in [-0.2, -0.15) is 0 Å². The average Bonchev–Trinajstić information content (AvgIpc) is 2.51. The predicted molar refractivity (Wildman–Crippen MR) is 95.5 cm³/mol. The number of carbonyl (C=O) groups excluding carboxylic acids is 1. The van der Waals surface area contributed by atoms with Crippen LogP contribution in [0.5, 0.6) is 11.5 Å². The largest absolute Gasteiger partial charge is 0.504 e. The molecular weight excluding hydrogens is 312 g/mol. The number of hydrogen-bond acceptors (Lipinski definition) is 6. The van der Waals surface area contributed by atoms with Crippen molar-refractivity contribution in [3.05, 3.63) is 23.8 Å². The van der Waals surface area contributed by atoms with Crippen LogP contribution < -0.4 is 10.6 Å². The molecule has 0 fully saturated rings. The topological polar surface area (TPSA) is 100 Å². The number of likely N-dealkylation sites (N-methyl/N-ethyl adjacent to an activating group) is 1. The molecule has 1 unspecified atom stereocenters. The van der Waals surface area contributed by atoms with Crippen molar-refractivity contribution in [2.24, 2.45) is 0 Å². The molecule has 4 N–H and O–H groups in total. The van der Waals surface area contributed by atoms with Crippen molar-refractivity contribution in [3.63, 3.8) is 0 Å². The predicted octanol–water partition coefficient (Wildman–Crippen LogP) is 1.28. The molecule has 1 amide bonds. The Balaban J connectivity index is 0. The molecule has 0 aromatic heterocycles. The number of aromatic hydroxyl groups is 2. The van der Waals surface area contributed by atoms with Gasteiger partial charge in [-0.05, 0) is 31.2 Å². The first-order chi connectivity index (χ1) is 10.6. The number of phenolic OH excluding ortho intramolecular Hbond substituents is 2. The van der Waals surface area contributed by atoms with E-state index in [1.807, 2.05) is 0 Å². The van der Waals surface area contributed by atoms with Crippen LogP contribution >= 0.6 is 0 Å². The normalized spacial score (nSPS) is 11.1. The molecule has 7 heteroatoms. The van der Waals surface area contributed by atoms with Crippen molar-refractivity contribution < 1.29 is 24.5 Å². The van der Waals surface area contributed by atoms with Crippen LogP contribution in [0.15, 0.2) is 18.2 Å². The van der Waals surface area contributed by atoms with E-state index < -0.39 is 6.04 Å². The lowest BCUT2D eigenvalue weighted by Crippen LogP contribution is -2.45. The van der Waals surface area contributed by atoms with Crippen LogP contribution in [0.3, 0.4) is 0 Å². The Bertz CT molecular complexity index is 468. The second kappa shape index (κ2) is 13.6. The van der Waals surface area contributed by atoms with Gasteiger partial charge < -0.3 is 30.3 Å². The number of benzene rings is 1. The molecule has 7 nitrogen and oxygen atoms in total. The van der Waals surface area contributed by atoms with E-state index in [1.165, 1.54) is 12.1 Å². The van der Waals surface area contributed by atoms with Crippen molar-refractivity contribution >= 4 is 5.91 Å². The summed E-state index contributed by atoms with van der Waals surface area (Å²) >= 11 is 0. The summed E-state index contributed by atoms with van der Waals surface area (Å²) in [7, 11) is 3.30. The van der Waals surface area contributed by atoms with Crippen LogP contribution in [0.1, 0.15) is 20.4 Å². The quantitative estimate of drug-likeness (QED) is 0.377. The van der Waals surface area contributed by atoms with Crippen LogP contribution in [-0.4, -0.2) is 62.7 Å².